The summed E-state index contributed by atoms with van der Waals surface area (Å²) in [6.07, 6.45) is 0. The Morgan fingerprint density at radius 1 is 1.07 bits per heavy atom. The number of halogens is 5. The SMILES string of the molecule is COc1cc([N+]#N)c(OC)cc1N=Nc1c(Cl)cc([N+](=O)[O-])cc1Cl.[Cl-].[Cl][Zn][Cl]. The van der Waals surface area contributed by atoms with Crippen LogP contribution in [0.3, 0.4) is 0 Å². The van der Waals surface area contributed by atoms with Crippen LogP contribution in [0.1, 0.15) is 0 Å². The molecule has 0 aliphatic rings. The fourth-order valence-corrected chi connectivity index (χ4v) is 2.43. The number of methoxy groups -OCH3 is 2. The number of hydrogen-bond acceptors (Lipinski definition) is 7. The van der Waals surface area contributed by atoms with Gasteiger partial charge in [-0.2, -0.15) is 0 Å². The van der Waals surface area contributed by atoms with Crippen LogP contribution in [0.15, 0.2) is 34.5 Å². The second-order valence-electron chi connectivity index (χ2n) is 4.61. The minimum atomic E-state index is -0.931. The Labute approximate surface area is 197 Å². The number of azo groups is 1. The molecule has 0 heterocycles. The van der Waals surface area contributed by atoms with E-state index < -0.39 is 20.1 Å². The number of diazo groups is 1. The van der Waals surface area contributed by atoms with Crippen molar-refractivity contribution in [3.8, 4) is 11.5 Å². The Kier molecular flexibility index (Phi) is 13.0. The summed E-state index contributed by atoms with van der Waals surface area (Å²) in [4.78, 5) is 13.2. The molecule has 0 saturated heterocycles. The molecule has 0 aliphatic carbocycles. The summed E-state index contributed by atoms with van der Waals surface area (Å²) in [6.45, 7) is 0. The Bertz CT molecular complexity index is 918. The van der Waals surface area contributed by atoms with Gasteiger partial charge in [0.1, 0.15) is 11.4 Å². The third-order valence-electron chi connectivity index (χ3n) is 3.06. The molecule has 0 bridgehead atoms. The van der Waals surface area contributed by atoms with Crippen molar-refractivity contribution in [2.75, 3.05) is 14.2 Å². The van der Waals surface area contributed by atoms with Gasteiger partial charge in [-0.05, 0) is 0 Å². The zero-order valence-corrected chi connectivity index (χ0v) is 21.5. The van der Waals surface area contributed by atoms with Gasteiger partial charge in [0.15, 0.2) is 10.7 Å². The normalized spacial score (nSPS) is 9.41. The van der Waals surface area contributed by atoms with Gasteiger partial charge in [-0.3, -0.25) is 10.1 Å². The van der Waals surface area contributed by atoms with Gasteiger partial charge < -0.3 is 21.9 Å². The Morgan fingerprint density at radius 3 is 2.00 bits per heavy atom. The molecule has 0 aromatic heterocycles. The van der Waals surface area contributed by atoms with E-state index in [4.69, 9.17) is 57.5 Å². The van der Waals surface area contributed by atoms with E-state index in [0.717, 1.165) is 12.1 Å². The number of rotatable bonds is 5. The van der Waals surface area contributed by atoms with E-state index in [1.54, 1.807) is 0 Å². The average Bonchev–Trinajstić information content (AvgIpc) is 2.67. The third kappa shape index (κ3) is 7.70. The number of ether oxygens (including phenoxy) is 2. The fraction of sp³-hybridized carbons (Fsp3) is 0.143. The van der Waals surface area contributed by atoms with Crippen LogP contribution in [0.4, 0.5) is 22.7 Å². The molecule has 0 atom stereocenters. The summed E-state index contributed by atoms with van der Waals surface area (Å²) in [7, 11) is 12.7. The topological polar surface area (TPSA) is 114 Å². The van der Waals surface area contributed by atoms with E-state index >= 15 is 0 Å². The molecular weight excluding hydrogens is 545 g/mol. The number of nitro benzene ring substituents is 1. The third-order valence-corrected chi connectivity index (χ3v) is 3.63. The van der Waals surface area contributed by atoms with E-state index in [0.29, 0.717) is 0 Å². The molecule has 0 aliphatic heterocycles. The van der Waals surface area contributed by atoms with Crippen LogP contribution in [0.25, 0.3) is 4.98 Å². The van der Waals surface area contributed by atoms with Crippen molar-refractivity contribution in [1.29, 1.82) is 5.39 Å². The second kappa shape index (κ2) is 13.7. The molecule has 15 heteroatoms. The number of hydrogen-bond donors (Lipinski definition) is 0. The molecular formula is C14H10Cl5N5O4Zn. The molecule has 2 aromatic carbocycles. The average molecular weight is 555 g/mol. The van der Waals surface area contributed by atoms with Gasteiger partial charge in [-0.1, -0.05) is 23.2 Å². The van der Waals surface area contributed by atoms with Crippen molar-refractivity contribution < 1.29 is 41.9 Å². The Hall–Kier alpha value is -1.47. The van der Waals surface area contributed by atoms with Crippen molar-refractivity contribution in [1.82, 2.24) is 0 Å². The molecule has 0 radical (unpaired) electrons. The minimum absolute atomic E-state index is 0. The van der Waals surface area contributed by atoms with Gasteiger partial charge >= 0.3 is 40.2 Å². The molecule has 2 aromatic rings. The molecule has 29 heavy (non-hydrogen) atoms. The van der Waals surface area contributed by atoms with Crippen LogP contribution < -0.4 is 21.9 Å². The predicted molar refractivity (Wildman–Crippen MR) is 103 cm³/mol. The van der Waals surface area contributed by atoms with Gasteiger partial charge in [-0.25, -0.2) is 0 Å². The second-order valence-corrected chi connectivity index (χ2v) is 10.0. The van der Waals surface area contributed by atoms with E-state index in [1.165, 1.54) is 26.4 Å². The van der Waals surface area contributed by atoms with Crippen LogP contribution in [0.2, 0.25) is 10.0 Å². The van der Waals surface area contributed by atoms with Gasteiger partial charge in [-0.15, -0.1) is 10.2 Å². The quantitative estimate of drug-likeness (QED) is 0.181. The standard InChI is InChI=1S/C14H10Cl2N5O4.3ClH.Zn/c1-24-12-6-11(13(25-2)5-10(12)18-17)19-20-14-8(15)3-7(21(22)23)4-9(14)16;;;;/h3-6H,1-2H3;3*1H;/q+1;;;;+2/p-3. The van der Waals surface area contributed by atoms with Crippen molar-refractivity contribution in [2.45, 2.75) is 0 Å². The van der Waals surface area contributed by atoms with E-state index in [1.807, 2.05) is 0 Å². The maximum atomic E-state index is 10.8. The van der Waals surface area contributed by atoms with Gasteiger partial charge in [0, 0.05) is 18.2 Å². The summed E-state index contributed by atoms with van der Waals surface area (Å²) in [5, 5.41) is 27.6. The molecule has 0 spiro atoms. The molecule has 152 valence electrons. The van der Waals surface area contributed by atoms with Crippen LogP contribution in [-0.2, 0) is 15.1 Å². The summed E-state index contributed by atoms with van der Waals surface area (Å²) in [5.41, 5.74) is 0.190. The summed E-state index contributed by atoms with van der Waals surface area (Å²) < 4.78 is 10.2. The Morgan fingerprint density at radius 2 is 1.59 bits per heavy atom. The number of benzene rings is 2. The molecule has 0 amide bonds. The fourth-order valence-electron chi connectivity index (χ4n) is 1.88. The summed E-state index contributed by atoms with van der Waals surface area (Å²) in [6, 6.07) is 5.07. The molecule has 0 unspecified atom stereocenters. The first kappa shape index (κ1) is 27.5. The first-order chi connectivity index (χ1) is 13.3. The molecule has 0 fully saturated rings. The van der Waals surface area contributed by atoms with Crippen LogP contribution in [-0.4, -0.2) is 19.1 Å². The zero-order valence-electron chi connectivity index (χ0n) is 14.8. The molecule has 0 N–H and O–H groups in total. The van der Waals surface area contributed by atoms with Gasteiger partial charge in [0.05, 0.1) is 35.3 Å². The molecule has 2 rings (SSSR count). The number of nitro groups is 1. The predicted octanol–water partition coefficient (Wildman–Crippen LogP) is 4.20. The number of nitrogens with zero attached hydrogens (tertiary/aromatic N) is 5. The van der Waals surface area contributed by atoms with Crippen molar-refractivity contribution in [2.24, 2.45) is 10.2 Å². The number of non-ortho nitro benzene ring substituents is 1. The van der Waals surface area contributed by atoms with Crippen LogP contribution in [0.5, 0.6) is 11.5 Å². The monoisotopic (exact) mass is 551 g/mol. The van der Waals surface area contributed by atoms with Gasteiger partial charge in [0.2, 0.25) is 11.1 Å². The zero-order chi connectivity index (χ0) is 21.3. The summed E-state index contributed by atoms with van der Waals surface area (Å²) in [5.74, 6) is 0.490. The first-order valence-electron chi connectivity index (χ1n) is 7.11. The Balaban J connectivity index is 0.00000184. The van der Waals surface area contributed by atoms with Crippen LogP contribution in [0, 0.1) is 15.5 Å². The summed E-state index contributed by atoms with van der Waals surface area (Å²) >= 11 is 11.0. The van der Waals surface area contributed by atoms with E-state index in [2.05, 4.69) is 15.2 Å². The molecule has 0 saturated carbocycles. The first-order valence-corrected chi connectivity index (χ1v) is 15.7. The van der Waals surface area contributed by atoms with Crippen molar-refractivity contribution >= 4 is 65.3 Å². The van der Waals surface area contributed by atoms with Gasteiger partial charge in [0.25, 0.3) is 5.69 Å². The maximum absolute atomic E-state index is 10.8. The van der Waals surface area contributed by atoms with Crippen molar-refractivity contribution in [3.05, 3.63) is 49.4 Å². The van der Waals surface area contributed by atoms with Crippen LogP contribution >= 0.6 is 42.6 Å². The molecule has 9 nitrogen and oxygen atoms in total. The van der Waals surface area contributed by atoms with Crippen molar-refractivity contribution in [3.63, 3.8) is 0 Å². The van der Waals surface area contributed by atoms with E-state index in [-0.39, 0.29) is 56.7 Å². The van der Waals surface area contributed by atoms with E-state index in [9.17, 15) is 10.1 Å².